The number of nitrogens with one attached hydrogen (secondary N) is 2. The Morgan fingerprint density at radius 1 is 1.36 bits per heavy atom. The SMILES string of the molecule is CN=C(NCCNC(=O)c1cccc(Br)c1)N1CCC(C)C(n2ccnc2)C1. The second kappa shape index (κ2) is 9.73. The molecule has 28 heavy (non-hydrogen) atoms. The number of rotatable bonds is 5. The molecule has 8 heteroatoms. The van der Waals surface area contributed by atoms with Crippen LogP contribution in [0.3, 0.4) is 0 Å². The molecule has 1 aliphatic heterocycles. The van der Waals surface area contributed by atoms with Crippen LogP contribution in [0.4, 0.5) is 0 Å². The Morgan fingerprint density at radius 2 is 2.18 bits per heavy atom. The third kappa shape index (κ3) is 5.13. The number of aliphatic imine (C=N–C) groups is 1. The van der Waals surface area contributed by atoms with Crippen molar-refractivity contribution in [2.45, 2.75) is 19.4 Å². The zero-order valence-electron chi connectivity index (χ0n) is 16.3. The quantitative estimate of drug-likeness (QED) is 0.420. The fraction of sp³-hybridized carbons (Fsp3) is 0.450. The van der Waals surface area contributed by atoms with Crippen molar-refractivity contribution in [1.82, 2.24) is 25.1 Å². The Labute approximate surface area is 174 Å². The van der Waals surface area contributed by atoms with Crippen molar-refractivity contribution in [3.63, 3.8) is 0 Å². The van der Waals surface area contributed by atoms with Crippen LogP contribution in [0.25, 0.3) is 0 Å². The highest BCUT2D eigenvalue weighted by molar-refractivity contribution is 9.10. The number of halogens is 1. The molecule has 1 aromatic heterocycles. The van der Waals surface area contributed by atoms with Gasteiger partial charge in [0, 0.05) is 55.7 Å². The first-order chi connectivity index (χ1) is 13.6. The van der Waals surface area contributed by atoms with Crippen LogP contribution in [0.2, 0.25) is 0 Å². The van der Waals surface area contributed by atoms with Gasteiger partial charge in [-0.2, -0.15) is 0 Å². The number of nitrogens with zero attached hydrogens (tertiary/aromatic N) is 4. The lowest BCUT2D eigenvalue weighted by Gasteiger charge is -2.39. The monoisotopic (exact) mass is 446 g/mol. The van der Waals surface area contributed by atoms with Gasteiger partial charge >= 0.3 is 0 Å². The van der Waals surface area contributed by atoms with Gasteiger partial charge in [0.1, 0.15) is 0 Å². The number of guanidine groups is 1. The molecule has 1 amide bonds. The van der Waals surface area contributed by atoms with E-state index in [1.54, 1.807) is 13.1 Å². The van der Waals surface area contributed by atoms with E-state index in [2.05, 4.69) is 52.9 Å². The Morgan fingerprint density at radius 3 is 2.89 bits per heavy atom. The van der Waals surface area contributed by atoms with E-state index in [0.29, 0.717) is 30.6 Å². The highest BCUT2D eigenvalue weighted by atomic mass is 79.9. The highest BCUT2D eigenvalue weighted by Crippen LogP contribution is 2.27. The lowest BCUT2D eigenvalue weighted by Crippen LogP contribution is -2.50. The standard InChI is InChI=1S/C20H27BrN6O/c1-15-6-10-26(13-18(15)27-11-9-23-14-27)20(22-2)25-8-7-24-19(28)16-4-3-5-17(21)12-16/h3-5,9,11-12,14-15,18H,6-8,10,13H2,1-2H3,(H,22,25)(H,24,28). The fourth-order valence-corrected chi connectivity index (χ4v) is 3.91. The molecule has 1 aliphatic rings. The van der Waals surface area contributed by atoms with Crippen molar-refractivity contribution in [3.05, 3.63) is 53.0 Å². The van der Waals surface area contributed by atoms with Gasteiger partial charge in [-0.1, -0.05) is 28.9 Å². The molecule has 2 unspecified atom stereocenters. The van der Waals surface area contributed by atoms with Gasteiger partial charge in [0.2, 0.25) is 0 Å². The molecule has 2 aromatic rings. The molecule has 2 atom stereocenters. The van der Waals surface area contributed by atoms with E-state index in [0.717, 1.165) is 29.9 Å². The number of likely N-dealkylation sites (tertiary alicyclic amines) is 1. The molecule has 2 N–H and O–H groups in total. The molecule has 0 radical (unpaired) electrons. The van der Waals surface area contributed by atoms with E-state index in [9.17, 15) is 4.79 Å². The summed E-state index contributed by atoms with van der Waals surface area (Å²) in [6, 6.07) is 7.75. The maximum absolute atomic E-state index is 12.2. The number of hydrogen-bond donors (Lipinski definition) is 2. The largest absolute Gasteiger partial charge is 0.354 e. The smallest absolute Gasteiger partial charge is 0.251 e. The molecule has 3 rings (SSSR count). The molecule has 2 heterocycles. The molecule has 0 aliphatic carbocycles. The predicted molar refractivity (Wildman–Crippen MR) is 114 cm³/mol. The summed E-state index contributed by atoms with van der Waals surface area (Å²) < 4.78 is 3.08. The molecule has 1 saturated heterocycles. The summed E-state index contributed by atoms with van der Waals surface area (Å²) in [4.78, 5) is 23.1. The van der Waals surface area contributed by atoms with Gasteiger partial charge in [0.25, 0.3) is 5.91 Å². The molecule has 0 saturated carbocycles. The van der Waals surface area contributed by atoms with Gasteiger partial charge in [-0.05, 0) is 30.5 Å². The number of imidazole rings is 1. The third-order valence-corrected chi connectivity index (χ3v) is 5.61. The van der Waals surface area contributed by atoms with Gasteiger partial charge in [0.05, 0.1) is 12.4 Å². The maximum atomic E-state index is 12.2. The third-order valence-electron chi connectivity index (χ3n) is 5.12. The van der Waals surface area contributed by atoms with E-state index >= 15 is 0 Å². The molecular formula is C20H27BrN6O. The molecular weight excluding hydrogens is 420 g/mol. The summed E-state index contributed by atoms with van der Waals surface area (Å²) in [5.74, 6) is 1.38. The van der Waals surface area contributed by atoms with Crippen molar-refractivity contribution in [3.8, 4) is 0 Å². The van der Waals surface area contributed by atoms with Crippen LogP contribution < -0.4 is 10.6 Å². The molecule has 0 spiro atoms. The van der Waals surface area contributed by atoms with Crippen molar-refractivity contribution in [2.24, 2.45) is 10.9 Å². The van der Waals surface area contributed by atoms with E-state index in [4.69, 9.17) is 0 Å². The zero-order chi connectivity index (χ0) is 19.9. The van der Waals surface area contributed by atoms with Gasteiger partial charge < -0.3 is 20.1 Å². The lowest BCUT2D eigenvalue weighted by atomic mass is 9.93. The Hall–Kier alpha value is -2.35. The van der Waals surface area contributed by atoms with Gasteiger partial charge in [-0.15, -0.1) is 0 Å². The van der Waals surface area contributed by atoms with Crippen LogP contribution >= 0.6 is 15.9 Å². The van der Waals surface area contributed by atoms with Crippen LogP contribution in [0.5, 0.6) is 0 Å². The van der Waals surface area contributed by atoms with Crippen LogP contribution in [0.1, 0.15) is 29.7 Å². The number of amides is 1. The second-order valence-electron chi connectivity index (χ2n) is 7.03. The number of benzene rings is 1. The summed E-state index contributed by atoms with van der Waals surface area (Å²) in [6.45, 7) is 5.29. The molecule has 1 fully saturated rings. The maximum Gasteiger partial charge on any atom is 0.251 e. The summed E-state index contributed by atoms with van der Waals surface area (Å²) in [6.07, 6.45) is 6.84. The number of carbonyl (C=O) groups is 1. The molecule has 1 aromatic carbocycles. The van der Waals surface area contributed by atoms with Crippen molar-refractivity contribution in [2.75, 3.05) is 33.2 Å². The minimum absolute atomic E-state index is 0.0787. The van der Waals surface area contributed by atoms with Crippen LogP contribution in [0.15, 0.2) is 52.5 Å². The normalized spacial score (nSPS) is 20.1. The van der Waals surface area contributed by atoms with Gasteiger partial charge in [0.15, 0.2) is 5.96 Å². The minimum atomic E-state index is -0.0787. The fourth-order valence-electron chi connectivity index (χ4n) is 3.51. The van der Waals surface area contributed by atoms with E-state index in [1.807, 2.05) is 36.9 Å². The lowest BCUT2D eigenvalue weighted by molar-refractivity contribution is 0.0954. The Bertz CT molecular complexity index is 807. The second-order valence-corrected chi connectivity index (χ2v) is 7.95. The number of carbonyl (C=O) groups excluding carboxylic acids is 1. The minimum Gasteiger partial charge on any atom is -0.354 e. The van der Waals surface area contributed by atoms with Crippen molar-refractivity contribution in [1.29, 1.82) is 0 Å². The number of hydrogen-bond acceptors (Lipinski definition) is 3. The van der Waals surface area contributed by atoms with Crippen molar-refractivity contribution >= 4 is 27.8 Å². The first kappa shape index (κ1) is 20.4. The summed E-state index contributed by atoms with van der Waals surface area (Å²) in [5.41, 5.74) is 0.645. The summed E-state index contributed by atoms with van der Waals surface area (Å²) in [5, 5.41) is 6.30. The summed E-state index contributed by atoms with van der Waals surface area (Å²) in [7, 11) is 1.80. The Kier molecular flexibility index (Phi) is 7.08. The van der Waals surface area contributed by atoms with Gasteiger partial charge in [-0.25, -0.2) is 4.98 Å². The number of piperidine rings is 1. The van der Waals surface area contributed by atoms with Crippen LogP contribution in [-0.4, -0.2) is 59.5 Å². The first-order valence-corrected chi connectivity index (χ1v) is 10.3. The van der Waals surface area contributed by atoms with Crippen LogP contribution in [0, 0.1) is 5.92 Å². The average molecular weight is 447 g/mol. The first-order valence-electron chi connectivity index (χ1n) is 9.55. The molecule has 7 nitrogen and oxygen atoms in total. The van der Waals surface area contributed by atoms with E-state index in [-0.39, 0.29) is 5.91 Å². The van der Waals surface area contributed by atoms with Crippen molar-refractivity contribution < 1.29 is 4.79 Å². The number of aromatic nitrogens is 2. The predicted octanol–water partition coefficient (Wildman–Crippen LogP) is 2.53. The summed E-state index contributed by atoms with van der Waals surface area (Å²) >= 11 is 3.39. The van der Waals surface area contributed by atoms with E-state index in [1.165, 1.54) is 0 Å². The Balaban J connectivity index is 1.48. The van der Waals surface area contributed by atoms with Crippen LogP contribution in [-0.2, 0) is 0 Å². The average Bonchev–Trinajstić information content (AvgIpc) is 3.23. The molecule has 0 bridgehead atoms. The highest BCUT2D eigenvalue weighted by Gasteiger charge is 2.28. The van der Waals surface area contributed by atoms with E-state index < -0.39 is 0 Å². The molecule has 150 valence electrons. The zero-order valence-corrected chi connectivity index (χ0v) is 17.9. The van der Waals surface area contributed by atoms with Gasteiger partial charge in [-0.3, -0.25) is 9.79 Å². The topological polar surface area (TPSA) is 74.6 Å².